The van der Waals surface area contributed by atoms with Gasteiger partial charge in [-0.1, -0.05) is 33.8 Å². The maximum absolute atomic E-state index is 4.35. The van der Waals surface area contributed by atoms with E-state index >= 15 is 0 Å². The molecule has 5 heteroatoms. The lowest BCUT2D eigenvalue weighted by atomic mass is 10.3. The summed E-state index contributed by atoms with van der Waals surface area (Å²) in [6.45, 7) is 2.86. The van der Waals surface area contributed by atoms with Crippen molar-refractivity contribution >= 4 is 33.4 Å². The molecule has 0 bridgehead atoms. The first-order chi connectivity index (χ1) is 8.74. The van der Waals surface area contributed by atoms with Gasteiger partial charge in [-0.3, -0.25) is 0 Å². The van der Waals surface area contributed by atoms with E-state index < -0.39 is 0 Å². The number of aryl methyl sites for hydroxylation is 1. The Kier molecular flexibility index (Phi) is 5.01. The van der Waals surface area contributed by atoms with Crippen LogP contribution < -0.4 is 5.32 Å². The van der Waals surface area contributed by atoms with Gasteiger partial charge in [0, 0.05) is 34.3 Å². The van der Waals surface area contributed by atoms with Gasteiger partial charge in [0.1, 0.15) is 0 Å². The molecule has 0 radical (unpaired) electrons. The van der Waals surface area contributed by atoms with Gasteiger partial charge < -0.3 is 5.32 Å². The molecule has 1 N–H and O–H groups in total. The van der Waals surface area contributed by atoms with Crippen LogP contribution in [0.3, 0.4) is 0 Å². The van der Waals surface area contributed by atoms with Crippen molar-refractivity contribution in [1.29, 1.82) is 0 Å². The lowest BCUT2D eigenvalue weighted by molar-refractivity contribution is 0.931. The summed E-state index contributed by atoms with van der Waals surface area (Å²) in [5.74, 6) is 0.940. The summed E-state index contributed by atoms with van der Waals surface area (Å²) < 4.78 is 1.09. The van der Waals surface area contributed by atoms with Crippen LogP contribution in [0.25, 0.3) is 0 Å². The molecule has 0 aliphatic heterocycles. The Bertz CT molecular complexity index is 472. The highest BCUT2D eigenvalue weighted by Crippen LogP contribution is 2.16. The summed E-state index contributed by atoms with van der Waals surface area (Å²) in [5.41, 5.74) is 2.13. The van der Waals surface area contributed by atoms with Crippen LogP contribution in [0, 0.1) is 6.92 Å². The third-order valence-corrected chi connectivity index (χ3v) is 3.62. The molecule has 0 saturated heterocycles. The minimum absolute atomic E-state index is 0.839. The Balaban J connectivity index is 1.76. The monoisotopic (exact) mass is 323 g/mol. The fourth-order valence-corrected chi connectivity index (χ4v) is 2.56. The summed E-state index contributed by atoms with van der Waals surface area (Å²) in [6, 6.07) is 10.1. The molecule has 0 aliphatic rings. The van der Waals surface area contributed by atoms with E-state index in [9.17, 15) is 0 Å². The summed E-state index contributed by atoms with van der Waals surface area (Å²) in [6.07, 6.45) is 1.80. The minimum atomic E-state index is 0.839. The number of rotatable bonds is 5. The Morgan fingerprint density at radius 2 is 2.22 bits per heavy atom. The molecule has 1 heterocycles. The molecule has 0 saturated carbocycles. The number of nitrogens with zero attached hydrogens (tertiary/aromatic N) is 2. The van der Waals surface area contributed by atoms with Gasteiger partial charge in [-0.2, -0.15) is 0 Å². The molecule has 0 unspecified atom stereocenters. The predicted octanol–water partition coefficient (Wildman–Crippen LogP) is 3.75. The van der Waals surface area contributed by atoms with Gasteiger partial charge in [-0.15, -0.1) is 0 Å². The molecule has 2 rings (SSSR count). The summed E-state index contributed by atoms with van der Waals surface area (Å²) in [5, 5.41) is 4.20. The van der Waals surface area contributed by atoms with E-state index in [4.69, 9.17) is 0 Å². The smallest absolute Gasteiger partial charge is 0.187 e. The van der Waals surface area contributed by atoms with Gasteiger partial charge in [-0.25, -0.2) is 9.97 Å². The van der Waals surface area contributed by atoms with Crippen LogP contribution in [-0.4, -0.2) is 22.3 Å². The number of benzene rings is 1. The predicted molar refractivity (Wildman–Crippen MR) is 80.1 cm³/mol. The maximum atomic E-state index is 4.35. The van der Waals surface area contributed by atoms with E-state index in [1.807, 2.05) is 25.1 Å². The highest BCUT2D eigenvalue weighted by atomic mass is 79.9. The minimum Gasteiger partial charge on any atom is -0.384 e. The topological polar surface area (TPSA) is 37.8 Å². The summed E-state index contributed by atoms with van der Waals surface area (Å²) in [7, 11) is 0. The molecule has 0 spiro atoms. The van der Waals surface area contributed by atoms with E-state index in [0.29, 0.717) is 0 Å². The Hall–Kier alpha value is -1.07. The molecule has 0 fully saturated rings. The SMILES string of the molecule is Cc1ccnc(SCCNc2cccc(Br)c2)n1. The summed E-state index contributed by atoms with van der Waals surface area (Å²) >= 11 is 5.11. The van der Waals surface area contributed by atoms with Crippen molar-refractivity contribution in [2.75, 3.05) is 17.6 Å². The molecular formula is C13H14BrN3S. The van der Waals surface area contributed by atoms with Crippen LogP contribution in [-0.2, 0) is 0 Å². The second kappa shape index (κ2) is 6.75. The third kappa shape index (κ3) is 4.31. The van der Waals surface area contributed by atoms with Gasteiger partial charge >= 0.3 is 0 Å². The first kappa shape index (κ1) is 13.4. The van der Waals surface area contributed by atoms with Crippen molar-refractivity contribution in [3.8, 4) is 0 Å². The van der Waals surface area contributed by atoms with Crippen LogP contribution in [0.2, 0.25) is 0 Å². The van der Waals surface area contributed by atoms with Crippen molar-refractivity contribution in [3.05, 3.63) is 46.7 Å². The van der Waals surface area contributed by atoms with Crippen molar-refractivity contribution in [2.45, 2.75) is 12.1 Å². The largest absolute Gasteiger partial charge is 0.384 e. The number of anilines is 1. The van der Waals surface area contributed by atoms with E-state index in [0.717, 1.165) is 33.3 Å². The fraction of sp³-hybridized carbons (Fsp3) is 0.231. The molecular weight excluding hydrogens is 310 g/mol. The molecule has 1 aromatic heterocycles. The third-order valence-electron chi connectivity index (χ3n) is 2.26. The lowest BCUT2D eigenvalue weighted by Crippen LogP contribution is -2.04. The second-order valence-corrected chi connectivity index (χ2v) is 5.74. The number of halogens is 1. The molecule has 2 aromatic rings. The second-order valence-electron chi connectivity index (χ2n) is 3.77. The molecule has 1 aromatic carbocycles. The number of nitrogens with one attached hydrogen (secondary N) is 1. The first-order valence-electron chi connectivity index (χ1n) is 5.66. The van der Waals surface area contributed by atoms with Gasteiger partial charge in [-0.05, 0) is 31.2 Å². The zero-order valence-corrected chi connectivity index (χ0v) is 12.5. The van der Waals surface area contributed by atoms with E-state index in [-0.39, 0.29) is 0 Å². The van der Waals surface area contributed by atoms with Crippen LogP contribution in [0.1, 0.15) is 5.69 Å². The molecule has 3 nitrogen and oxygen atoms in total. The molecule has 94 valence electrons. The molecule has 0 aliphatic carbocycles. The Morgan fingerprint density at radius 3 is 3.00 bits per heavy atom. The normalized spacial score (nSPS) is 10.3. The van der Waals surface area contributed by atoms with Crippen LogP contribution in [0.15, 0.2) is 46.2 Å². The fourth-order valence-electron chi connectivity index (χ4n) is 1.43. The van der Waals surface area contributed by atoms with Crippen molar-refractivity contribution < 1.29 is 0 Å². The number of hydrogen-bond donors (Lipinski definition) is 1. The average molecular weight is 324 g/mol. The van der Waals surface area contributed by atoms with Gasteiger partial charge in [0.15, 0.2) is 5.16 Å². The van der Waals surface area contributed by atoms with E-state index in [2.05, 4.69) is 43.3 Å². The summed E-state index contributed by atoms with van der Waals surface area (Å²) in [4.78, 5) is 8.56. The highest BCUT2D eigenvalue weighted by molar-refractivity contribution is 9.10. The zero-order valence-electron chi connectivity index (χ0n) is 10.1. The molecule has 0 amide bonds. The van der Waals surface area contributed by atoms with Gasteiger partial charge in [0.05, 0.1) is 0 Å². The lowest BCUT2D eigenvalue weighted by Gasteiger charge is -2.06. The van der Waals surface area contributed by atoms with Crippen molar-refractivity contribution in [3.63, 3.8) is 0 Å². The molecule has 18 heavy (non-hydrogen) atoms. The number of aromatic nitrogens is 2. The highest BCUT2D eigenvalue weighted by Gasteiger charge is 1.98. The average Bonchev–Trinajstić information content (AvgIpc) is 2.35. The number of thioether (sulfide) groups is 1. The van der Waals surface area contributed by atoms with E-state index in [1.54, 1.807) is 18.0 Å². The van der Waals surface area contributed by atoms with Crippen LogP contribution in [0.5, 0.6) is 0 Å². The van der Waals surface area contributed by atoms with Crippen molar-refractivity contribution in [2.24, 2.45) is 0 Å². The van der Waals surface area contributed by atoms with Gasteiger partial charge in [0.2, 0.25) is 0 Å². The van der Waals surface area contributed by atoms with Crippen LogP contribution >= 0.6 is 27.7 Å². The van der Waals surface area contributed by atoms with E-state index in [1.165, 1.54) is 0 Å². The van der Waals surface area contributed by atoms with Gasteiger partial charge in [0.25, 0.3) is 0 Å². The zero-order chi connectivity index (χ0) is 12.8. The molecule has 0 atom stereocenters. The number of hydrogen-bond acceptors (Lipinski definition) is 4. The van der Waals surface area contributed by atoms with Crippen LogP contribution in [0.4, 0.5) is 5.69 Å². The first-order valence-corrected chi connectivity index (χ1v) is 7.44. The van der Waals surface area contributed by atoms with Crippen molar-refractivity contribution in [1.82, 2.24) is 9.97 Å². The quantitative estimate of drug-likeness (QED) is 0.516. The maximum Gasteiger partial charge on any atom is 0.187 e. The Labute approximate surface area is 120 Å². The standard InChI is InChI=1S/C13H14BrN3S/c1-10-5-6-16-13(17-10)18-8-7-15-12-4-2-3-11(14)9-12/h2-6,9,15H,7-8H2,1H3. The Morgan fingerprint density at radius 1 is 1.33 bits per heavy atom.